The van der Waals surface area contributed by atoms with Crippen LogP contribution in [-0.4, -0.2) is 38.3 Å². The highest BCUT2D eigenvalue weighted by Crippen LogP contribution is 2.37. The molecule has 1 N–H and O–H groups in total. The van der Waals surface area contributed by atoms with Gasteiger partial charge in [-0.1, -0.05) is 17.3 Å². The molecule has 8 heteroatoms. The highest BCUT2D eigenvalue weighted by Gasteiger charge is 2.28. The molecule has 0 bridgehead atoms. The number of nitrogens with one attached hydrogen (secondary N) is 1. The third-order valence-electron chi connectivity index (χ3n) is 3.88. The predicted molar refractivity (Wildman–Crippen MR) is 90.2 cm³/mol. The number of fused-ring (bicyclic) bond motifs is 1. The molecule has 1 saturated carbocycles. The van der Waals surface area contributed by atoms with Gasteiger partial charge in [-0.15, -0.1) is 5.10 Å². The van der Waals surface area contributed by atoms with Crippen molar-refractivity contribution in [2.24, 2.45) is 0 Å². The van der Waals surface area contributed by atoms with Gasteiger partial charge in [0.25, 0.3) is 0 Å². The molecule has 118 valence electrons. The average molecular weight is 328 g/mol. The molecule has 7 nitrogen and oxygen atoms in total. The Morgan fingerprint density at radius 3 is 2.83 bits per heavy atom. The second kappa shape index (κ2) is 5.13. The molecule has 0 amide bonds. The quantitative estimate of drug-likeness (QED) is 0.741. The number of benzene rings is 1. The molecular weight excluding hydrogens is 311 g/mol. The molecule has 23 heavy (non-hydrogen) atoms. The van der Waals surface area contributed by atoms with Crippen molar-refractivity contribution < 1.29 is 4.57 Å². The van der Waals surface area contributed by atoms with E-state index in [2.05, 4.69) is 25.6 Å². The molecule has 2 heterocycles. The predicted octanol–water partition coefficient (Wildman–Crippen LogP) is 2.55. The van der Waals surface area contributed by atoms with Crippen molar-refractivity contribution in [2.75, 3.05) is 18.6 Å². The van der Waals surface area contributed by atoms with Crippen LogP contribution in [0.5, 0.6) is 0 Å². The Bertz CT molecular complexity index is 927. The SMILES string of the molecule is CP(C)(=O)c1cccc(Nc2ncnc3c2nnn3C2CC2)c1. The van der Waals surface area contributed by atoms with Gasteiger partial charge in [-0.2, -0.15) is 0 Å². The largest absolute Gasteiger partial charge is 0.338 e. The van der Waals surface area contributed by atoms with Gasteiger partial charge in [0.05, 0.1) is 6.04 Å². The molecule has 1 aliphatic carbocycles. The summed E-state index contributed by atoms with van der Waals surface area (Å²) < 4.78 is 14.1. The van der Waals surface area contributed by atoms with Crippen LogP contribution < -0.4 is 10.6 Å². The summed E-state index contributed by atoms with van der Waals surface area (Å²) in [4.78, 5) is 8.58. The van der Waals surface area contributed by atoms with Gasteiger partial charge in [-0.3, -0.25) is 0 Å². The maximum atomic E-state index is 12.2. The van der Waals surface area contributed by atoms with E-state index < -0.39 is 7.14 Å². The summed E-state index contributed by atoms with van der Waals surface area (Å²) in [6.45, 7) is 3.52. The van der Waals surface area contributed by atoms with Crippen molar-refractivity contribution in [1.82, 2.24) is 25.0 Å². The summed E-state index contributed by atoms with van der Waals surface area (Å²) in [5.74, 6) is 0.612. The first kappa shape index (κ1) is 14.3. The Labute approximate surface area is 133 Å². The van der Waals surface area contributed by atoms with Crippen LogP contribution in [0.4, 0.5) is 11.5 Å². The topological polar surface area (TPSA) is 85.6 Å². The summed E-state index contributed by atoms with van der Waals surface area (Å²) in [6, 6.07) is 7.98. The van der Waals surface area contributed by atoms with Crippen molar-refractivity contribution in [1.29, 1.82) is 0 Å². The fraction of sp³-hybridized carbons (Fsp3) is 0.333. The summed E-state index contributed by atoms with van der Waals surface area (Å²) in [5.41, 5.74) is 2.23. The summed E-state index contributed by atoms with van der Waals surface area (Å²) >= 11 is 0. The molecule has 0 spiro atoms. The van der Waals surface area contributed by atoms with Crippen LogP contribution in [0.15, 0.2) is 30.6 Å². The molecule has 1 aliphatic rings. The monoisotopic (exact) mass is 328 g/mol. The first-order valence-corrected chi connectivity index (χ1v) is 10.1. The number of hydrogen-bond acceptors (Lipinski definition) is 6. The lowest BCUT2D eigenvalue weighted by atomic mass is 10.3. The maximum Gasteiger partial charge on any atom is 0.184 e. The van der Waals surface area contributed by atoms with E-state index in [0.29, 0.717) is 17.4 Å². The summed E-state index contributed by atoms with van der Waals surface area (Å²) in [7, 11) is -2.30. The van der Waals surface area contributed by atoms with E-state index in [4.69, 9.17) is 0 Å². The van der Waals surface area contributed by atoms with Gasteiger partial charge < -0.3 is 9.88 Å². The number of rotatable bonds is 4. The molecule has 4 rings (SSSR count). The van der Waals surface area contributed by atoms with Crippen molar-refractivity contribution in [3.05, 3.63) is 30.6 Å². The zero-order valence-corrected chi connectivity index (χ0v) is 13.9. The average Bonchev–Trinajstić information content (AvgIpc) is 3.26. The minimum Gasteiger partial charge on any atom is -0.338 e. The van der Waals surface area contributed by atoms with Crippen molar-refractivity contribution in [3.63, 3.8) is 0 Å². The van der Waals surface area contributed by atoms with Crippen LogP contribution in [0.1, 0.15) is 18.9 Å². The number of anilines is 2. The van der Waals surface area contributed by atoms with Gasteiger partial charge in [-0.05, 0) is 38.3 Å². The first-order valence-electron chi connectivity index (χ1n) is 7.51. The molecule has 0 radical (unpaired) electrons. The van der Waals surface area contributed by atoms with E-state index in [1.807, 2.05) is 28.9 Å². The zero-order chi connectivity index (χ0) is 16.0. The van der Waals surface area contributed by atoms with E-state index in [1.54, 1.807) is 13.3 Å². The lowest BCUT2D eigenvalue weighted by Gasteiger charge is -2.10. The standard InChI is InChI=1S/C15H17N6OP/c1-23(2,22)12-5-3-4-10(8-12)18-14-13-15(17-9-16-14)21(20-19-13)11-6-7-11/h3-5,8-9,11H,6-7H2,1-2H3,(H,16,17,18). The van der Waals surface area contributed by atoms with Crippen LogP contribution in [0.3, 0.4) is 0 Å². The molecule has 1 aromatic carbocycles. The Kier molecular flexibility index (Phi) is 3.20. The third kappa shape index (κ3) is 2.72. The molecule has 3 aromatic rings. The molecule has 1 fully saturated rings. The fourth-order valence-electron chi connectivity index (χ4n) is 2.48. The van der Waals surface area contributed by atoms with Gasteiger partial charge in [-0.25, -0.2) is 14.6 Å². The number of hydrogen-bond donors (Lipinski definition) is 1. The Morgan fingerprint density at radius 1 is 1.26 bits per heavy atom. The van der Waals surface area contributed by atoms with E-state index in [0.717, 1.165) is 29.5 Å². The van der Waals surface area contributed by atoms with E-state index >= 15 is 0 Å². The van der Waals surface area contributed by atoms with Crippen molar-refractivity contribution >= 4 is 35.1 Å². The summed E-state index contributed by atoms with van der Waals surface area (Å²) in [5, 5.41) is 12.5. The van der Waals surface area contributed by atoms with Crippen molar-refractivity contribution in [2.45, 2.75) is 18.9 Å². The van der Waals surface area contributed by atoms with Crippen molar-refractivity contribution in [3.8, 4) is 0 Å². The fourth-order valence-corrected chi connectivity index (χ4v) is 3.37. The second-order valence-corrected chi connectivity index (χ2v) is 9.40. The molecule has 0 unspecified atom stereocenters. The van der Waals surface area contributed by atoms with Crippen LogP contribution >= 0.6 is 7.14 Å². The number of aromatic nitrogens is 5. The number of nitrogens with zero attached hydrogens (tertiary/aromatic N) is 5. The smallest absolute Gasteiger partial charge is 0.184 e. The van der Waals surface area contributed by atoms with E-state index in [-0.39, 0.29) is 0 Å². The Balaban J connectivity index is 1.72. The Morgan fingerprint density at radius 2 is 2.09 bits per heavy atom. The highest BCUT2D eigenvalue weighted by atomic mass is 31.2. The lowest BCUT2D eigenvalue weighted by Crippen LogP contribution is -2.05. The highest BCUT2D eigenvalue weighted by molar-refractivity contribution is 7.70. The normalized spacial score (nSPS) is 15.0. The zero-order valence-electron chi connectivity index (χ0n) is 13.0. The maximum absolute atomic E-state index is 12.2. The van der Waals surface area contributed by atoms with Crippen LogP contribution in [0.2, 0.25) is 0 Å². The van der Waals surface area contributed by atoms with Gasteiger partial charge in [0.1, 0.15) is 13.5 Å². The molecular formula is C15H17N6OP. The minimum atomic E-state index is -2.30. The van der Waals surface area contributed by atoms with E-state index in [9.17, 15) is 4.57 Å². The lowest BCUT2D eigenvalue weighted by molar-refractivity contribution is 0.588. The molecule has 0 saturated heterocycles. The van der Waals surface area contributed by atoms with Gasteiger partial charge >= 0.3 is 0 Å². The molecule has 0 atom stereocenters. The van der Waals surface area contributed by atoms with Gasteiger partial charge in [0.15, 0.2) is 17.0 Å². The van der Waals surface area contributed by atoms with Gasteiger partial charge in [0.2, 0.25) is 0 Å². The third-order valence-corrected chi connectivity index (χ3v) is 5.41. The summed E-state index contributed by atoms with van der Waals surface area (Å²) in [6.07, 6.45) is 3.76. The second-order valence-electron chi connectivity index (χ2n) is 6.19. The first-order chi connectivity index (χ1) is 11.0. The van der Waals surface area contributed by atoms with Crippen LogP contribution in [-0.2, 0) is 4.57 Å². The molecule has 2 aromatic heterocycles. The van der Waals surface area contributed by atoms with Crippen LogP contribution in [0.25, 0.3) is 11.2 Å². The Hall–Kier alpha value is -2.27. The molecule has 0 aliphatic heterocycles. The van der Waals surface area contributed by atoms with E-state index in [1.165, 1.54) is 6.33 Å². The van der Waals surface area contributed by atoms with Crippen LogP contribution in [0, 0.1) is 0 Å². The van der Waals surface area contributed by atoms with Gasteiger partial charge in [0, 0.05) is 11.0 Å². The minimum absolute atomic E-state index is 0.414.